The van der Waals surface area contributed by atoms with Crippen molar-refractivity contribution in [2.75, 3.05) is 13.2 Å². The van der Waals surface area contributed by atoms with Crippen molar-refractivity contribution in [3.05, 3.63) is 52.9 Å². The van der Waals surface area contributed by atoms with Crippen LogP contribution in [0, 0.1) is 6.92 Å². The van der Waals surface area contributed by atoms with E-state index in [9.17, 15) is 9.90 Å². The monoisotopic (exact) mass is 323 g/mol. The molecule has 1 atom stereocenters. The molecule has 22 heavy (non-hydrogen) atoms. The Labute approximate surface area is 133 Å². The Kier molecular flexibility index (Phi) is 5.11. The van der Waals surface area contributed by atoms with Crippen LogP contribution in [-0.4, -0.2) is 24.2 Å². The average Bonchev–Trinajstić information content (AvgIpc) is 3.01. The summed E-state index contributed by atoms with van der Waals surface area (Å²) in [6.07, 6.45) is 1.47. The molecular weight excluding hydrogens is 306 g/mol. The van der Waals surface area contributed by atoms with Gasteiger partial charge in [0, 0.05) is 5.02 Å². The second-order valence-electron chi connectivity index (χ2n) is 5.23. The Bertz CT molecular complexity index is 638. The van der Waals surface area contributed by atoms with E-state index in [1.807, 2.05) is 6.92 Å². The molecule has 2 N–H and O–H groups in total. The van der Waals surface area contributed by atoms with E-state index < -0.39 is 5.60 Å². The fraction of sp³-hybridized carbons (Fsp3) is 0.312. The first kappa shape index (κ1) is 16.4. The number of ether oxygens (including phenoxy) is 1. The zero-order valence-corrected chi connectivity index (χ0v) is 13.2. The standard InChI is InChI=1S/C16H18ClNO4/c1-11-8-12(5-6-13(11)17)22-9-15(19)18-10-16(2,20)14-4-3-7-21-14/h3-8,20H,9-10H2,1-2H3,(H,18,19). The van der Waals surface area contributed by atoms with E-state index in [0.717, 1.165) is 5.56 Å². The second-order valence-corrected chi connectivity index (χ2v) is 5.63. The Balaban J connectivity index is 1.82. The molecule has 0 bridgehead atoms. The van der Waals surface area contributed by atoms with Crippen molar-refractivity contribution in [3.8, 4) is 5.75 Å². The van der Waals surface area contributed by atoms with Crippen LogP contribution in [0.25, 0.3) is 0 Å². The smallest absolute Gasteiger partial charge is 0.258 e. The molecule has 0 aliphatic heterocycles. The maximum Gasteiger partial charge on any atom is 0.258 e. The summed E-state index contributed by atoms with van der Waals surface area (Å²) in [6.45, 7) is 3.31. The highest BCUT2D eigenvalue weighted by Gasteiger charge is 2.26. The highest BCUT2D eigenvalue weighted by Crippen LogP contribution is 2.21. The number of nitrogens with one attached hydrogen (secondary N) is 1. The molecular formula is C16H18ClNO4. The molecule has 1 unspecified atom stereocenters. The average molecular weight is 324 g/mol. The van der Waals surface area contributed by atoms with Crippen molar-refractivity contribution in [2.24, 2.45) is 0 Å². The fourth-order valence-electron chi connectivity index (χ4n) is 1.85. The van der Waals surface area contributed by atoms with E-state index >= 15 is 0 Å². The molecule has 118 valence electrons. The predicted molar refractivity (Wildman–Crippen MR) is 83.0 cm³/mol. The number of benzene rings is 1. The van der Waals surface area contributed by atoms with Gasteiger partial charge in [-0.1, -0.05) is 11.6 Å². The lowest BCUT2D eigenvalue weighted by molar-refractivity contribution is -0.124. The van der Waals surface area contributed by atoms with Gasteiger partial charge in [0.15, 0.2) is 6.61 Å². The van der Waals surface area contributed by atoms with Crippen molar-refractivity contribution >= 4 is 17.5 Å². The van der Waals surface area contributed by atoms with E-state index in [1.54, 1.807) is 37.3 Å². The molecule has 0 saturated carbocycles. The van der Waals surface area contributed by atoms with Crippen molar-refractivity contribution in [1.29, 1.82) is 0 Å². The highest BCUT2D eigenvalue weighted by atomic mass is 35.5. The van der Waals surface area contributed by atoms with E-state index in [4.69, 9.17) is 20.8 Å². The largest absolute Gasteiger partial charge is 0.484 e. The summed E-state index contributed by atoms with van der Waals surface area (Å²) < 4.78 is 10.5. The van der Waals surface area contributed by atoms with Gasteiger partial charge in [-0.15, -0.1) is 0 Å². The van der Waals surface area contributed by atoms with Crippen LogP contribution < -0.4 is 10.1 Å². The summed E-state index contributed by atoms with van der Waals surface area (Å²) in [5, 5.41) is 13.5. The van der Waals surface area contributed by atoms with Crippen LogP contribution >= 0.6 is 11.6 Å². The molecule has 0 fully saturated rings. The summed E-state index contributed by atoms with van der Waals surface area (Å²) in [5.41, 5.74) is -0.393. The number of aryl methyl sites for hydroxylation is 1. The first-order valence-electron chi connectivity index (χ1n) is 6.80. The molecule has 2 aromatic rings. The minimum Gasteiger partial charge on any atom is -0.484 e. The molecule has 1 aromatic heterocycles. The minimum absolute atomic E-state index is 0.0301. The molecule has 1 aromatic carbocycles. The highest BCUT2D eigenvalue weighted by molar-refractivity contribution is 6.31. The number of amides is 1. The molecule has 0 aliphatic rings. The molecule has 1 amide bonds. The minimum atomic E-state index is -1.27. The number of rotatable bonds is 6. The van der Waals surface area contributed by atoms with E-state index in [2.05, 4.69) is 5.32 Å². The van der Waals surface area contributed by atoms with Crippen LogP contribution in [0.2, 0.25) is 5.02 Å². The lowest BCUT2D eigenvalue weighted by Crippen LogP contribution is -2.40. The summed E-state index contributed by atoms with van der Waals surface area (Å²) in [7, 11) is 0. The molecule has 0 spiro atoms. The normalized spacial score (nSPS) is 13.5. The Morgan fingerprint density at radius 1 is 1.45 bits per heavy atom. The lowest BCUT2D eigenvalue weighted by atomic mass is 10.0. The zero-order valence-electron chi connectivity index (χ0n) is 12.4. The zero-order chi connectivity index (χ0) is 16.2. The van der Waals surface area contributed by atoms with Crippen LogP contribution in [-0.2, 0) is 10.4 Å². The maximum absolute atomic E-state index is 11.8. The van der Waals surface area contributed by atoms with E-state index in [-0.39, 0.29) is 19.1 Å². The first-order valence-corrected chi connectivity index (χ1v) is 7.18. The van der Waals surface area contributed by atoms with Crippen LogP contribution in [0.3, 0.4) is 0 Å². The van der Waals surface area contributed by atoms with Gasteiger partial charge in [-0.3, -0.25) is 4.79 Å². The summed E-state index contributed by atoms with van der Waals surface area (Å²) in [6, 6.07) is 8.50. The number of carbonyl (C=O) groups excluding carboxylic acids is 1. The Hall–Kier alpha value is -1.98. The molecule has 1 heterocycles. The van der Waals surface area contributed by atoms with Crippen molar-refractivity contribution in [3.63, 3.8) is 0 Å². The Morgan fingerprint density at radius 2 is 2.23 bits per heavy atom. The van der Waals surface area contributed by atoms with Gasteiger partial charge in [-0.05, 0) is 49.7 Å². The molecule has 0 aliphatic carbocycles. The van der Waals surface area contributed by atoms with Crippen molar-refractivity contribution in [2.45, 2.75) is 19.4 Å². The topological polar surface area (TPSA) is 71.7 Å². The first-order chi connectivity index (χ1) is 10.4. The van der Waals surface area contributed by atoms with Gasteiger partial charge >= 0.3 is 0 Å². The third-order valence-electron chi connectivity index (χ3n) is 3.18. The molecule has 6 heteroatoms. The third-order valence-corrected chi connectivity index (χ3v) is 3.61. The predicted octanol–water partition coefficient (Wildman–Crippen LogP) is 2.64. The van der Waals surface area contributed by atoms with Gasteiger partial charge in [0.05, 0.1) is 12.8 Å². The SMILES string of the molecule is Cc1cc(OCC(=O)NCC(C)(O)c2ccco2)ccc1Cl. The van der Waals surface area contributed by atoms with Crippen molar-refractivity contribution in [1.82, 2.24) is 5.32 Å². The van der Waals surface area contributed by atoms with Gasteiger partial charge in [0.2, 0.25) is 0 Å². The van der Waals surface area contributed by atoms with E-state index in [1.165, 1.54) is 6.26 Å². The summed E-state index contributed by atoms with van der Waals surface area (Å²) >= 11 is 5.92. The number of aliphatic hydroxyl groups is 1. The molecule has 2 rings (SSSR count). The molecule has 0 radical (unpaired) electrons. The molecule has 5 nitrogen and oxygen atoms in total. The Morgan fingerprint density at radius 3 is 2.86 bits per heavy atom. The van der Waals surface area contributed by atoms with Crippen molar-refractivity contribution < 1.29 is 19.1 Å². The summed E-state index contributed by atoms with van der Waals surface area (Å²) in [4.78, 5) is 11.8. The van der Waals surface area contributed by atoms with Gasteiger partial charge < -0.3 is 19.6 Å². The van der Waals surface area contributed by atoms with Crippen LogP contribution in [0.15, 0.2) is 41.0 Å². The maximum atomic E-state index is 11.8. The van der Waals surface area contributed by atoms with Crippen LogP contribution in [0.1, 0.15) is 18.2 Å². The second kappa shape index (κ2) is 6.85. The number of halogens is 1. The van der Waals surface area contributed by atoms with Gasteiger partial charge in [-0.2, -0.15) is 0 Å². The van der Waals surface area contributed by atoms with Crippen LogP contribution in [0.5, 0.6) is 5.75 Å². The number of furan rings is 1. The van der Waals surface area contributed by atoms with E-state index in [0.29, 0.717) is 16.5 Å². The number of hydrogen-bond acceptors (Lipinski definition) is 4. The fourth-order valence-corrected chi connectivity index (χ4v) is 1.97. The molecule has 0 saturated heterocycles. The number of hydrogen-bond donors (Lipinski definition) is 2. The van der Waals surface area contributed by atoms with Gasteiger partial charge in [-0.25, -0.2) is 0 Å². The summed E-state index contributed by atoms with van der Waals surface area (Å²) in [5.74, 6) is 0.622. The van der Waals surface area contributed by atoms with Gasteiger partial charge in [0.25, 0.3) is 5.91 Å². The van der Waals surface area contributed by atoms with Gasteiger partial charge in [0.1, 0.15) is 17.1 Å². The lowest BCUT2D eigenvalue weighted by Gasteiger charge is -2.21. The quantitative estimate of drug-likeness (QED) is 0.857. The number of carbonyl (C=O) groups is 1. The third kappa shape index (κ3) is 4.26. The van der Waals surface area contributed by atoms with Crippen LogP contribution in [0.4, 0.5) is 0 Å².